The first kappa shape index (κ1) is 20.7. The number of ether oxygens (including phenoxy) is 1. The van der Waals surface area contributed by atoms with Crippen molar-refractivity contribution in [1.82, 2.24) is 14.3 Å². The minimum Gasteiger partial charge on any atom is -0.448 e. The average molecular weight is 466 g/mol. The van der Waals surface area contributed by atoms with Crippen LogP contribution in [-0.4, -0.2) is 44.2 Å². The number of benzene rings is 2. The van der Waals surface area contributed by atoms with E-state index in [0.29, 0.717) is 19.4 Å². The van der Waals surface area contributed by atoms with Gasteiger partial charge in [0, 0.05) is 49.4 Å². The first-order valence-corrected chi connectivity index (χ1v) is 12.4. The van der Waals surface area contributed by atoms with Crippen LogP contribution in [0.1, 0.15) is 48.3 Å². The highest BCUT2D eigenvalue weighted by Crippen LogP contribution is 2.47. The van der Waals surface area contributed by atoms with Gasteiger partial charge in [-0.25, -0.2) is 9.78 Å². The van der Waals surface area contributed by atoms with Crippen LogP contribution in [0, 0.1) is 0 Å². The molecule has 0 radical (unpaired) electrons. The number of aliphatic hydroxyl groups is 1. The summed E-state index contributed by atoms with van der Waals surface area (Å²) in [5.74, 6) is 0.0481. The summed E-state index contributed by atoms with van der Waals surface area (Å²) in [6, 6.07) is 20.6. The smallest absolute Gasteiger partial charge is 0.410 e. The van der Waals surface area contributed by atoms with E-state index in [2.05, 4.69) is 41.4 Å². The van der Waals surface area contributed by atoms with Crippen molar-refractivity contribution in [2.75, 3.05) is 6.61 Å². The molecule has 2 aromatic heterocycles. The maximum absolute atomic E-state index is 13.3. The van der Waals surface area contributed by atoms with Gasteiger partial charge < -0.3 is 19.1 Å². The van der Waals surface area contributed by atoms with E-state index >= 15 is 0 Å². The van der Waals surface area contributed by atoms with Crippen LogP contribution in [-0.2, 0) is 10.3 Å². The van der Waals surface area contributed by atoms with Gasteiger partial charge in [0.25, 0.3) is 0 Å². The summed E-state index contributed by atoms with van der Waals surface area (Å²) in [5, 5.41) is 11.6. The topological polar surface area (TPSA) is 67.1 Å². The Balaban J connectivity index is 1.09. The number of rotatable bonds is 3. The zero-order chi connectivity index (χ0) is 23.6. The molecule has 1 amide bonds. The summed E-state index contributed by atoms with van der Waals surface area (Å²) < 4.78 is 7.91. The average Bonchev–Trinajstić information content (AvgIpc) is 3.55. The number of carbonyl (C=O) groups is 1. The minimum atomic E-state index is -0.959. The molecule has 3 aliphatic rings. The standard InChI is InChI=1S/C29H27N3O3/c33-28(35-18-26-24-7-3-1-5-22(24)23-6-2-4-8-25(23)26)32-20-9-10-21(32)17-29(34,16-20)19-11-13-31-14-12-30-27(31)15-19/h1-8,11-15,20-21,26,34H,9-10,16-18H2. The molecule has 2 saturated heterocycles. The fourth-order valence-electron chi connectivity index (χ4n) is 6.63. The Bertz CT molecular complexity index is 1380. The van der Waals surface area contributed by atoms with E-state index in [1.165, 1.54) is 22.3 Å². The van der Waals surface area contributed by atoms with Gasteiger partial charge in [0.05, 0.1) is 5.60 Å². The SMILES string of the molecule is O=C(OCC1c2ccccc2-c2ccccc21)N1C2CCC1CC(O)(c1ccn3ccnc3c1)C2. The maximum atomic E-state index is 13.3. The summed E-state index contributed by atoms with van der Waals surface area (Å²) >= 11 is 0. The molecule has 6 heteroatoms. The molecule has 7 rings (SSSR count). The lowest BCUT2D eigenvalue weighted by Gasteiger charge is -2.43. The van der Waals surface area contributed by atoms with Crippen molar-refractivity contribution in [3.8, 4) is 11.1 Å². The summed E-state index contributed by atoms with van der Waals surface area (Å²) in [6.07, 6.45) is 8.15. The van der Waals surface area contributed by atoms with Crippen molar-refractivity contribution < 1.29 is 14.6 Å². The van der Waals surface area contributed by atoms with E-state index in [-0.39, 0.29) is 24.1 Å². The van der Waals surface area contributed by atoms with Crippen LogP contribution in [0.2, 0.25) is 0 Å². The fourth-order valence-corrected chi connectivity index (χ4v) is 6.63. The number of nitrogens with zero attached hydrogens (tertiary/aromatic N) is 3. The fraction of sp³-hybridized carbons (Fsp3) is 0.310. The zero-order valence-electron chi connectivity index (χ0n) is 19.4. The van der Waals surface area contributed by atoms with Gasteiger partial charge in [-0.2, -0.15) is 0 Å². The van der Waals surface area contributed by atoms with E-state index in [1.807, 2.05) is 46.0 Å². The van der Waals surface area contributed by atoms with E-state index in [4.69, 9.17) is 4.74 Å². The molecule has 0 spiro atoms. The van der Waals surface area contributed by atoms with Gasteiger partial charge in [-0.1, -0.05) is 48.5 Å². The Kier molecular flexibility index (Phi) is 4.55. The lowest BCUT2D eigenvalue weighted by atomic mass is 9.81. The van der Waals surface area contributed by atoms with Crippen LogP contribution in [0.4, 0.5) is 4.79 Å². The molecular formula is C29H27N3O3. The van der Waals surface area contributed by atoms with Gasteiger partial charge >= 0.3 is 6.09 Å². The Hall–Kier alpha value is -3.64. The highest BCUT2D eigenvalue weighted by molar-refractivity contribution is 5.79. The molecule has 35 heavy (non-hydrogen) atoms. The Morgan fingerprint density at radius 3 is 2.31 bits per heavy atom. The van der Waals surface area contributed by atoms with Gasteiger partial charge in [-0.05, 0) is 52.8 Å². The predicted octanol–water partition coefficient (Wildman–Crippen LogP) is 5.10. The third-order valence-corrected chi connectivity index (χ3v) is 8.25. The Morgan fingerprint density at radius 2 is 1.63 bits per heavy atom. The van der Waals surface area contributed by atoms with Crippen LogP contribution in [0.15, 0.2) is 79.3 Å². The van der Waals surface area contributed by atoms with E-state index < -0.39 is 5.60 Å². The van der Waals surface area contributed by atoms with Crippen molar-refractivity contribution in [1.29, 1.82) is 0 Å². The highest BCUT2D eigenvalue weighted by Gasteiger charge is 2.51. The molecule has 2 bridgehead atoms. The number of fused-ring (bicyclic) bond motifs is 6. The second-order valence-electron chi connectivity index (χ2n) is 10.1. The summed E-state index contributed by atoms with van der Waals surface area (Å²) in [5.41, 5.74) is 5.62. The first-order chi connectivity index (χ1) is 17.1. The number of imidazole rings is 1. The lowest BCUT2D eigenvalue weighted by molar-refractivity contribution is -0.0531. The van der Waals surface area contributed by atoms with Crippen molar-refractivity contribution in [3.05, 3.63) is 95.9 Å². The lowest BCUT2D eigenvalue weighted by Crippen LogP contribution is -2.52. The summed E-state index contributed by atoms with van der Waals surface area (Å²) in [4.78, 5) is 19.6. The zero-order valence-corrected chi connectivity index (χ0v) is 19.4. The molecule has 4 heterocycles. The number of amides is 1. The van der Waals surface area contributed by atoms with Crippen LogP contribution < -0.4 is 0 Å². The number of aromatic nitrogens is 2. The molecule has 2 aliphatic heterocycles. The molecule has 0 saturated carbocycles. The van der Waals surface area contributed by atoms with E-state index in [0.717, 1.165) is 24.1 Å². The van der Waals surface area contributed by atoms with E-state index in [1.54, 1.807) is 6.20 Å². The van der Waals surface area contributed by atoms with Crippen LogP contribution in [0.3, 0.4) is 0 Å². The molecule has 1 aliphatic carbocycles. The molecule has 4 aromatic rings. The van der Waals surface area contributed by atoms with Crippen molar-refractivity contribution in [2.45, 2.75) is 49.3 Å². The van der Waals surface area contributed by atoms with Gasteiger partial charge in [0.2, 0.25) is 0 Å². The third-order valence-electron chi connectivity index (χ3n) is 8.25. The second-order valence-corrected chi connectivity index (χ2v) is 10.1. The Morgan fingerprint density at radius 1 is 0.971 bits per heavy atom. The van der Waals surface area contributed by atoms with Crippen molar-refractivity contribution in [2.24, 2.45) is 0 Å². The predicted molar refractivity (Wildman–Crippen MR) is 132 cm³/mol. The number of hydrogen-bond donors (Lipinski definition) is 1. The first-order valence-electron chi connectivity index (χ1n) is 12.4. The molecule has 2 unspecified atom stereocenters. The van der Waals surface area contributed by atoms with Crippen LogP contribution >= 0.6 is 0 Å². The molecule has 2 aromatic carbocycles. The third kappa shape index (κ3) is 3.20. The number of hydrogen-bond acceptors (Lipinski definition) is 4. The molecule has 2 fully saturated rings. The quantitative estimate of drug-likeness (QED) is 0.457. The van der Waals surface area contributed by atoms with Gasteiger partial charge in [-0.3, -0.25) is 0 Å². The summed E-state index contributed by atoms with van der Waals surface area (Å²) in [7, 11) is 0. The molecule has 6 nitrogen and oxygen atoms in total. The second kappa shape index (κ2) is 7.68. The number of piperidine rings is 1. The highest BCUT2D eigenvalue weighted by atomic mass is 16.6. The van der Waals surface area contributed by atoms with E-state index in [9.17, 15) is 9.90 Å². The normalized spacial score (nSPS) is 25.0. The number of pyridine rings is 1. The van der Waals surface area contributed by atoms with Gasteiger partial charge in [0.15, 0.2) is 0 Å². The maximum Gasteiger partial charge on any atom is 0.410 e. The van der Waals surface area contributed by atoms with Crippen LogP contribution in [0.5, 0.6) is 0 Å². The number of carbonyl (C=O) groups excluding carboxylic acids is 1. The minimum absolute atomic E-state index is 0.0228. The molecule has 1 N–H and O–H groups in total. The summed E-state index contributed by atoms with van der Waals surface area (Å²) in [6.45, 7) is 0.323. The van der Waals surface area contributed by atoms with Crippen molar-refractivity contribution >= 4 is 11.7 Å². The monoisotopic (exact) mass is 465 g/mol. The van der Waals surface area contributed by atoms with Crippen molar-refractivity contribution in [3.63, 3.8) is 0 Å². The Labute approximate surface area is 203 Å². The largest absolute Gasteiger partial charge is 0.448 e. The molecular weight excluding hydrogens is 438 g/mol. The molecule has 2 atom stereocenters. The van der Waals surface area contributed by atoms with Gasteiger partial charge in [0.1, 0.15) is 12.3 Å². The van der Waals surface area contributed by atoms with Crippen LogP contribution in [0.25, 0.3) is 16.8 Å². The molecule has 176 valence electrons. The van der Waals surface area contributed by atoms with Gasteiger partial charge in [-0.15, -0.1) is 0 Å².